The quantitative estimate of drug-likeness (QED) is 0.403. The second-order valence-electron chi connectivity index (χ2n) is 0.651. The van der Waals surface area contributed by atoms with Crippen LogP contribution in [-0.2, 0) is 21.7 Å². The predicted molar refractivity (Wildman–Crippen MR) is 16.0 cm³/mol. The van der Waals surface area contributed by atoms with Crippen LogP contribution in [0.5, 0.6) is 0 Å². The van der Waals surface area contributed by atoms with E-state index in [2.05, 4.69) is 3.52 Å². The molecule has 0 aromatic heterocycles. The van der Waals surface area contributed by atoms with Gasteiger partial charge in [0.15, 0.2) is 0 Å². The van der Waals surface area contributed by atoms with Crippen LogP contribution in [0.4, 0.5) is 4.53 Å². The zero-order chi connectivity index (χ0) is 5.21. The van der Waals surface area contributed by atoms with Gasteiger partial charge < -0.3 is 0 Å². The normalized spacial score (nSPS) is 10.3. The zero-order valence-electron chi connectivity index (χ0n) is 2.63. The van der Waals surface area contributed by atoms with Gasteiger partial charge in [0.2, 0.25) is 0 Å². The molecule has 3 N–H and O–H groups in total. The van der Waals surface area contributed by atoms with E-state index in [1.54, 1.807) is 0 Å². The minimum atomic E-state index is -5.21. The molecule has 0 spiro atoms. The molecule has 0 fully saturated rings. The molecule has 40 valence electrons. The maximum atomic E-state index is 10.3. The van der Waals surface area contributed by atoms with Crippen molar-refractivity contribution in [3.05, 3.63) is 0 Å². The Morgan fingerprint density at radius 3 is 1.43 bits per heavy atom. The van der Waals surface area contributed by atoms with Gasteiger partial charge in [-0.2, -0.15) is 0 Å². The van der Waals surface area contributed by atoms with Crippen LogP contribution in [0, 0.1) is 0 Å². The average molecular weight is 174 g/mol. The molecule has 0 bridgehead atoms. The second-order valence-corrected chi connectivity index (χ2v) is 2.68. The fraction of sp³-hybridized carbons (Fsp3) is 0. The van der Waals surface area contributed by atoms with Crippen molar-refractivity contribution >= 4 is 51.4 Å². The predicted octanol–water partition coefficient (Wildman–Crippen LogP) is -1.97. The van der Waals surface area contributed by atoms with Crippen LogP contribution in [0.1, 0.15) is 0 Å². The van der Waals surface area contributed by atoms with E-state index in [0.717, 1.165) is 0 Å². The molecule has 0 heterocycles. The summed E-state index contributed by atoms with van der Waals surface area (Å²) >= 11 is -5.21. The zero-order valence-corrected chi connectivity index (χ0v) is 4.19. The van der Waals surface area contributed by atoms with Gasteiger partial charge in [-0.15, -0.1) is 0 Å². The van der Waals surface area contributed by atoms with Gasteiger partial charge in [0.1, 0.15) is 0 Å². The third-order valence-electron chi connectivity index (χ3n) is 0.104. The third-order valence-corrected chi connectivity index (χ3v) is 0.427. The van der Waals surface area contributed by atoms with Crippen molar-refractivity contribution in [3.8, 4) is 0 Å². The van der Waals surface area contributed by atoms with Gasteiger partial charge >= 0.3 is 88.6 Å². The molecular formula is H4FKO4Ti. The maximum absolute atomic E-state index is 10.3. The van der Waals surface area contributed by atoms with E-state index in [1.165, 1.54) is 0 Å². The molecule has 0 radical (unpaired) electrons. The van der Waals surface area contributed by atoms with Crippen molar-refractivity contribution in [2.75, 3.05) is 0 Å². The average Bonchev–Trinajstić information content (AvgIpc) is 1.35. The fourth-order valence-corrected chi connectivity index (χ4v) is 0. The third kappa shape index (κ3) is 11.6. The van der Waals surface area contributed by atoms with Gasteiger partial charge in [0.25, 0.3) is 0 Å². The second kappa shape index (κ2) is 4.95. The van der Waals surface area contributed by atoms with Crippen molar-refractivity contribution < 1.29 is 37.3 Å². The molecule has 0 atom stereocenters. The van der Waals surface area contributed by atoms with E-state index < -0.39 is 18.1 Å². The molecule has 0 amide bonds. The Bertz CT molecular complexity index is 41.4. The summed E-state index contributed by atoms with van der Waals surface area (Å²) in [7, 11) is 0. The minimum absolute atomic E-state index is 0. The Hall–Kier alpha value is 2.12. The molecule has 0 unspecified atom stereocenters. The molecule has 7 heteroatoms. The summed E-state index contributed by atoms with van der Waals surface area (Å²) in [5.74, 6) is 0. The number of hydrogen-bond donors (Lipinski definition) is 3. The summed E-state index contributed by atoms with van der Waals surface area (Å²) in [6, 6.07) is 0. The molecule has 0 saturated carbocycles. The Labute approximate surface area is 86.9 Å². The van der Waals surface area contributed by atoms with E-state index in [9.17, 15) is 4.53 Å². The van der Waals surface area contributed by atoms with E-state index >= 15 is 0 Å². The summed E-state index contributed by atoms with van der Waals surface area (Å²) in [5.41, 5.74) is 0. The molecular weight excluding hydrogens is 170 g/mol. The molecule has 0 aliphatic heterocycles. The summed E-state index contributed by atoms with van der Waals surface area (Å²) in [5, 5.41) is 0. The SMILES string of the molecule is [KH].[OH][Ti]([OH])([OH])[O]F. The Kier molecular flexibility index (Phi) is 8.39. The monoisotopic (exact) mass is 174 g/mol. The first kappa shape index (κ1) is 11.9. The van der Waals surface area contributed by atoms with Crippen LogP contribution in [0.3, 0.4) is 0 Å². The molecule has 0 aliphatic carbocycles. The first-order valence-electron chi connectivity index (χ1n) is 1.03. The Morgan fingerprint density at radius 2 is 1.43 bits per heavy atom. The van der Waals surface area contributed by atoms with Crippen molar-refractivity contribution in [1.82, 2.24) is 0 Å². The first-order chi connectivity index (χ1) is 2.56. The molecule has 0 aromatic rings. The molecule has 0 rings (SSSR count). The fourth-order valence-electron chi connectivity index (χ4n) is 0. The van der Waals surface area contributed by atoms with Crippen molar-refractivity contribution in [2.45, 2.75) is 0 Å². The summed E-state index contributed by atoms with van der Waals surface area (Å²) in [4.78, 5) is 0. The molecule has 0 aliphatic rings. The van der Waals surface area contributed by atoms with Crippen molar-refractivity contribution in [2.24, 2.45) is 0 Å². The van der Waals surface area contributed by atoms with E-state index in [1.807, 2.05) is 0 Å². The van der Waals surface area contributed by atoms with Crippen LogP contribution < -0.4 is 0 Å². The van der Waals surface area contributed by atoms with Crippen molar-refractivity contribution in [3.63, 3.8) is 0 Å². The number of rotatable bonds is 1. The van der Waals surface area contributed by atoms with E-state index in [-0.39, 0.29) is 51.4 Å². The van der Waals surface area contributed by atoms with Crippen LogP contribution in [0.25, 0.3) is 0 Å². The molecule has 7 heavy (non-hydrogen) atoms. The Balaban J connectivity index is 0. The molecule has 0 aromatic carbocycles. The Morgan fingerprint density at radius 1 is 1.29 bits per heavy atom. The first-order valence-corrected chi connectivity index (χ1v) is 3.76. The number of hydrogen-bond acceptors (Lipinski definition) is 4. The van der Waals surface area contributed by atoms with Gasteiger partial charge in [0, 0.05) is 0 Å². The van der Waals surface area contributed by atoms with Crippen LogP contribution in [0.15, 0.2) is 0 Å². The van der Waals surface area contributed by atoms with Crippen LogP contribution >= 0.6 is 0 Å². The van der Waals surface area contributed by atoms with Gasteiger partial charge in [-0.3, -0.25) is 0 Å². The standard InChI is InChI=1S/FO.K.3H2O.Ti.H/c1-2;;;;;;/h;;3*1H2;;/q-1;;;;;+4;/p-3. The van der Waals surface area contributed by atoms with E-state index in [0.29, 0.717) is 0 Å². The van der Waals surface area contributed by atoms with Crippen LogP contribution in [0.2, 0.25) is 0 Å². The van der Waals surface area contributed by atoms with Gasteiger partial charge in [0.05, 0.1) is 0 Å². The van der Waals surface area contributed by atoms with Gasteiger partial charge in [-0.25, -0.2) is 0 Å². The summed E-state index contributed by atoms with van der Waals surface area (Å²) < 4.78 is 35.2. The van der Waals surface area contributed by atoms with Crippen LogP contribution in [-0.4, -0.2) is 62.4 Å². The number of halogens is 1. The van der Waals surface area contributed by atoms with Crippen molar-refractivity contribution in [1.29, 1.82) is 0 Å². The summed E-state index contributed by atoms with van der Waals surface area (Å²) in [6.45, 7) is 0. The van der Waals surface area contributed by atoms with E-state index in [4.69, 9.17) is 11.1 Å². The van der Waals surface area contributed by atoms with Gasteiger partial charge in [-0.1, -0.05) is 0 Å². The summed E-state index contributed by atoms with van der Waals surface area (Å²) in [6.07, 6.45) is 0. The molecule has 0 saturated heterocycles. The topological polar surface area (TPSA) is 69.9 Å². The molecule has 4 nitrogen and oxygen atoms in total. The van der Waals surface area contributed by atoms with Gasteiger partial charge in [-0.05, 0) is 0 Å².